The van der Waals surface area contributed by atoms with E-state index in [9.17, 15) is 24.3 Å². The Morgan fingerprint density at radius 1 is 0.962 bits per heavy atom. The van der Waals surface area contributed by atoms with Gasteiger partial charge in [0, 0.05) is 50.8 Å². The van der Waals surface area contributed by atoms with Crippen LogP contribution in [0.5, 0.6) is 11.5 Å². The van der Waals surface area contributed by atoms with E-state index in [0.717, 1.165) is 36.0 Å². The van der Waals surface area contributed by atoms with Crippen molar-refractivity contribution in [2.24, 2.45) is 7.05 Å². The van der Waals surface area contributed by atoms with Gasteiger partial charge in [0.15, 0.2) is 12.4 Å². The number of phenolic OH excluding ortho intramolecular Hbond substituents is 1. The minimum absolute atomic E-state index is 0.000764. The van der Waals surface area contributed by atoms with E-state index in [0.29, 0.717) is 63.2 Å². The van der Waals surface area contributed by atoms with Crippen LogP contribution >= 0.6 is 0 Å². The Hall–Kier alpha value is -4.95. The summed E-state index contributed by atoms with van der Waals surface area (Å²) in [5, 5.41) is 36.5. The second-order valence-corrected chi connectivity index (χ2v) is 13.0. The number of anilines is 1. The van der Waals surface area contributed by atoms with Gasteiger partial charge >= 0.3 is 11.9 Å². The number of carbonyl (C=O) groups excluding carboxylic acids is 2. The molecule has 0 bridgehead atoms. The third-order valence-corrected chi connectivity index (χ3v) is 9.03. The molecule has 1 saturated carbocycles. The molecule has 14 heteroatoms. The summed E-state index contributed by atoms with van der Waals surface area (Å²) in [4.78, 5) is 46.6. The van der Waals surface area contributed by atoms with Crippen molar-refractivity contribution < 1.29 is 44.0 Å². The van der Waals surface area contributed by atoms with Crippen LogP contribution in [-0.4, -0.2) is 99.2 Å². The minimum Gasteiger partial charge on any atom is -0.506 e. The number of benzene rings is 2. The minimum atomic E-state index is -0.948. The molecule has 5 N–H and O–H groups in total. The monoisotopic (exact) mass is 721 g/mol. The molecular weight excluding hydrogens is 670 g/mol. The highest BCUT2D eigenvalue weighted by Crippen LogP contribution is 2.39. The molecule has 0 spiro atoms. The zero-order valence-electron chi connectivity index (χ0n) is 29.8. The number of aromatic nitrogens is 2. The van der Waals surface area contributed by atoms with Crippen LogP contribution in [0.1, 0.15) is 68.9 Å². The summed E-state index contributed by atoms with van der Waals surface area (Å²) in [7, 11) is 1.91. The van der Waals surface area contributed by atoms with Crippen LogP contribution in [0.3, 0.4) is 0 Å². The number of aryl methyl sites for hydroxylation is 1. The molecule has 0 unspecified atom stereocenters. The van der Waals surface area contributed by atoms with E-state index in [2.05, 4.69) is 44.9 Å². The summed E-state index contributed by atoms with van der Waals surface area (Å²) >= 11 is 0. The van der Waals surface area contributed by atoms with E-state index >= 15 is 0 Å². The van der Waals surface area contributed by atoms with Gasteiger partial charge in [-0.2, -0.15) is 5.10 Å². The summed E-state index contributed by atoms with van der Waals surface area (Å²) in [6.45, 7) is 2.99. The average Bonchev–Trinajstić information content (AvgIpc) is 3.57. The van der Waals surface area contributed by atoms with E-state index in [1.54, 1.807) is 10.7 Å². The molecule has 2 aliphatic rings. The van der Waals surface area contributed by atoms with Gasteiger partial charge in [0.05, 0.1) is 25.8 Å². The number of carboxylic acids is 2. The first-order valence-corrected chi connectivity index (χ1v) is 18.0. The highest BCUT2D eigenvalue weighted by atomic mass is 16.5. The molecule has 1 aliphatic heterocycles. The van der Waals surface area contributed by atoms with Crippen molar-refractivity contribution >= 4 is 29.4 Å². The van der Waals surface area contributed by atoms with Gasteiger partial charge in [-0.1, -0.05) is 49.6 Å². The largest absolute Gasteiger partial charge is 0.506 e. The highest BCUT2D eigenvalue weighted by molar-refractivity contribution is 5.97. The van der Waals surface area contributed by atoms with E-state index in [1.165, 1.54) is 24.8 Å². The molecule has 3 aromatic rings. The number of fused-ring (bicyclic) bond motifs is 1. The third kappa shape index (κ3) is 13.0. The molecule has 1 aromatic heterocycles. The maximum atomic E-state index is 13.3. The van der Waals surface area contributed by atoms with E-state index in [1.807, 2.05) is 25.5 Å². The van der Waals surface area contributed by atoms with Crippen LogP contribution in [0, 0.1) is 0 Å². The van der Waals surface area contributed by atoms with Gasteiger partial charge in [-0.3, -0.25) is 23.9 Å². The SMILES string of the molecule is Cn1cc(-c2ccc(CCOCCC(=O)N(CCNCCc3ccc(O)c4c3OCC(=O)N4)C3CCCCC3)cc2)cn1.O=C(O)CCCC(=O)O. The van der Waals surface area contributed by atoms with Gasteiger partial charge in [0.2, 0.25) is 5.91 Å². The number of carboxylic acid groups (broad SMARTS) is 2. The van der Waals surface area contributed by atoms with Gasteiger partial charge < -0.3 is 40.3 Å². The first-order chi connectivity index (χ1) is 25.1. The van der Waals surface area contributed by atoms with Crippen molar-refractivity contribution in [3.8, 4) is 22.6 Å². The van der Waals surface area contributed by atoms with Gasteiger partial charge in [-0.25, -0.2) is 0 Å². The highest BCUT2D eigenvalue weighted by Gasteiger charge is 2.25. The predicted molar refractivity (Wildman–Crippen MR) is 194 cm³/mol. The van der Waals surface area contributed by atoms with Crippen LogP contribution in [0.25, 0.3) is 11.1 Å². The Labute approximate surface area is 304 Å². The zero-order valence-corrected chi connectivity index (χ0v) is 29.8. The Bertz CT molecular complexity index is 1610. The number of hydrogen-bond acceptors (Lipinski definition) is 9. The number of aliphatic carboxylic acids is 2. The number of ether oxygens (including phenoxy) is 2. The molecule has 0 radical (unpaired) electrons. The lowest BCUT2D eigenvalue weighted by atomic mass is 9.94. The molecule has 282 valence electrons. The van der Waals surface area contributed by atoms with E-state index in [-0.39, 0.29) is 43.4 Å². The van der Waals surface area contributed by atoms with Crippen LogP contribution in [0.2, 0.25) is 0 Å². The Morgan fingerprint density at radius 2 is 1.69 bits per heavy atom. The molecule has 2 amide bonds. The average molecular weight is 722 g/mol. The van der Waals surface area contributed by atoms with Crippen molar-refractivity contribution in [1.82, 2.24) is 20.0 Å². The van der Waals surface area contributed by atoms with Crippen LogP contribution < -0.4 is 15.4 Å². The summed E-state index contributed by atoms with van der Waals surface area (Å²) in [5.74, 6) is -1.48. The molecule has 0 atom stereocenters. The molecule has 2 aromatic carbocycles. The van der Waals surface area contributed by atoms with Crippen LogP contribution in [0.15, 0.2) is 48.8 Å². The number of aromatic hydroxyl groups is 1. The fraction of sp³-hybridized carbons (Fsp3) is 0.500. The fourth-order valence-corrected chi connectivity index (χ4v) is 6.28. The lowest BCUT2D eigenvalue weighted by Gasteiger charge is -2.34. The van der Waals surface area contributed by atoms with Crippen molar-refractivity contribution in [2.45, 2.75) is 76.7 Å². The van der Waals surface area contributed by atoms with Crippen molar-refractivity contribution in [3.05, 3.63) is 59.9 Å². The number of nitrogens with zero attached hydrogens (tertiary/aromatic N) is 3. The lowest BCUT2D eigenvalue weighted by Crippen LogP contribution is -2.45. The van der Waals surface area contributed by atoms with Gasteiger partial charge in [-0.05, 0) is 61.4 Å². The van der Waals surface area contributed by atoms with Gasteiger partial charge in [0.25, 0.3) is 5.91 Å². The van der Waals surface area contributed by atoms with Gasteiger partial charge in [0.1, 0.15) is 11.4 Å². The molecular formula is C38H51N5O9. The topological polar surface area (TPSA) is 193 Å². The second-order valence-electron chi connectivity index (χ2n) is 13.0. The summed E-state index contributed by atoms with van der Waals surface area (Å²) < 4.78 is 13.3. The quantitative estimate of drug-likeness (QED) is 0.0924. The predicted octanol–water partition coefficient (Wildman–Crippen LogP) is 4.39. The maximum Gasteiger partial charge on any atom is 0.303 e. The number of carbonyl (C=O) groups is 4. The van der Waals surface area contributed by atoms with Crippen LogP contribution in [0.4, 0.5) is 5.69 Å². The summed E-state index contributed by atoms with van der Waals surface area (Å²) in [6.07, 6.45) is 11.5. The molecule has 1 fully saturated rings. The van der Waals surface area contributed by atoms with Crippen molar-refractivity contribution in [1.29, 1.82) is 0 Å². The Kier molecular flexibility index (Phi) is 15.9. The third-order valence-electron chi connectivity index (χ3n) is 9.03. The molecule has 2 heterocycles. The first kappa shape index (κ1) is 39.8. The maximum absolute atomic E-state index is 13.3. The van der Waals surface area contributed by atoms with E-state index in [4.69, 9.17) is 19.7 Å². The number of nitrogens with one attached hydrogen (secondary N) is 2. The fourth-order valence-electron chi connectivity index (χ4n) is 6.28. The molecule has 14 nitrogen and oxygen atoms in total. The lowest BCUT2D eigenvalue weighted by molar-refractivity contribution is -0.139. The summed E-state index contributed by atoms with van der Waals surface area (Å²) in [5.41, 5.74) is 4.70. The molecule has 52 heavy (non-hydrogen) atoms. The smallest absolute Gasteiger partial charge is 0.303 e. The first-order valence-electron chi connectivity index (χ1n) is 18.0. The second kappa shape index (κ2) is 20.8. The Balaban J connectivity index is 0.000000595. The van der Waals surface area contributed by atoms with Crippen LogP contribution in [-0.2, 0) is 43.8 Å². The van der Waals surface area contributed by atoms with Crippen molar-refractivity contribution in [3.63, 3.8) is 0 Å². The number of rotatable bonds is 18. The van der Waals surface area contributed by atoms with Crippen molar-refractivity contribution in [2.75, 3.05) is 44.8 Å². The normalized spacial score (nSPS) is 14.0. The number of hydrogen-bond donors (Lipinski definition) is 5. The standard InChI is InChI=1S/C33H43N5O5.C5H8O4/c1-37-22-27(21-35-37)25-9-7-24(8-10-25)14-19-42-20-15-31(41)38(28-5-3-2-4-6-28)18-17-34-16-13-26-11-12-29(39)32-33(26)43-23-30(40)36-32;6-4(7)2-1-3-5(8)9/h7-12,21-22,28,34,39H,2-6,13-20,23H2,1H3,(H,36,40);1-3H2,(H,6,7)(H,8,9). The summed E-state index contributed by atoms with van der Waals surface area (Å²) in [6, 6.07) is 12.2. The molecule has 1 aliphatic carbocycles. The zero-order chi connectivity index (χ0) is 37.3. The van der Waals surface area contributed by atoms with Gasteiger partial charge in [-0.15, -0.1) is 0 Å². The number of phenols is 1. The Morgan fingerprint density at radius 3 is 2.37 bits per heavy atom. The van der Waals surface area contributed by atoms with E-state index < -0.39 is 11.9 Å². The number of amides is 2. The molecule has 5 rings (SSSR count). The molecule has 0 saturated heterocycles.